The Labute approximate surface area is 130 Å². The fourth-order valence-electron chi connectivity index (χ4n) is 2.56. The quantitative estimate of drug-likeness (QED) is 0.654. The van der Waals surface area contributed by atoms with Gasteiger partial charge < -0.3 is 4.90 Å². The van der Waals surface area contributed by atoms with Gasteiger partial charge in [0.15, 0.2) is 0 Å². The van der Waals surface area contributed by atoms with Gasteiger partial charge in [-0.25, -0.2) is 13.1 Å². The zero-order valence-corrected chi connectivity index (χ0v) is 13.6. The van der Waals surface area contributed by atoms with Crippen LogP contribution in [0.5, 0.6) is 0 Å². The first-order chi connectivity index (χ1) is 10.3. The second-order valence-electron chi connectivity index (χ2n) is 5.81. The molecule has 1 aromatic rings. The number of aryl methyl sites for hydroxylation is 1. The highest BCUT2D eigenvalue weighted by molar-refractivity contribution is 7.89. The maximum absolute atomic E-state index is 12.4. The number of hydrogen-bond donors (Lipinski definition) is 1. The molecule has 0 atom stereocenters. The summed E-state index contributed by atoms with van der Waals surface area (Å²) in [6, 6.07) is 3.89. The van der Waals surface area contributed by atoms with E-state index in [1.807, 2.05) is 7.05 Å². The summed E-state index contributed by atoms with van der Waals surface area (Å²) in [5.74, 6) is 0.310. The summed E-state index contributed by atoms with van der Waals surface area (Å²) in [4.78, 5) is 12.4. The molecule has 0 bridgehead atoms. The molecular weight excluding hydrogens is 306 g/mol. The van der Waals surface area contributed by atoms with Gasteiger partial charge in [0.1, 0.15) is 0 Å². The van der Waals surface area contributed by atoms with Crippen molar-refractivity contribution in [2.45, 2.75) is 24.7 Å². The largest absolute Gasteiger partial charge is 0.306 e. The Morgan fingerprint density at radius 2 is 2.00 bits per heavy atom. The molecular formula is C14H21N3O4S. The van der Waals surface area contributed by atoms with E-state index in [4.69, 9.17) is 0 Å². The summed E-state index contributed by atoms with van der Waals surface area (Å²) in [7, 11) is -1.68. The second kappa shape index (κ2) is 6.72. The molecule has 1 aromatic carbocycles. The van der Waals surface area contributed by atoms with E-state index in [0.29, 0.717) is 18.0 Å². The van der Waals surface area contributed by atoms with Crippen LogP contribution in [0.4, 0.5) is 5.69 Å². The van der Waals surface area contributed by atoms with Crippen LogP contribution in [0.2, 0.25) is 0 Å². The van der Waals surface area contributed by atoms with Gasteiger partial charge in [-0.05, 0) is 51.4 Å². The molecule has 8 heteroatoms. The molecule has 7 nitrogen and oxygen atoms in total. The Morgan fingerprint density at radius 3 is 2.59 bits per heavy atom. The molecule has 0 spiro atoms. The van der Waals surface area contributed by atoms with Gasteiger partial charge in [0, 0.05) is 18.7 Å². The van der Waals surface area contributed by atoms with Crippen LogP contribution in [-0.2, 0) is 10.0 Å². The average Bonchev–Trinajstić information content (AvgIpc) is 2.46. The summed E-state index contributed by atoms with van der Waals surface area (Å²) in [6.45, 7) is 3.93. The molecule has 1 N–H and O–H groups in total. The molecule has 0 unspecified atom stereocenters. The SMILES string of the molecule is Cc1ccc([N+](=O)[O-])cc1S(=O)(=O)NCC1CCN(C)CC1. The molecule has 122 valence electrons. The van der Waals surface area contributed by atoms with E-state index in [9.17, 15) is 18.5 Å². The fraction of sp³-hybridized carbons (Fsp3) is 0.571. The van der Waals surface area contributed by atoms with E-state index in [-0.39, 0.29) is 10.6 Å². The number of nitro benzene ring substituents is 1. The fourth-order valence-corrected chi connectivity index (χ4v) is 3.94. The van der Waals surface area contributed by atoms with Crippen LogP contribution < -0.4 is 4.72 Å². The molecule has 1 aliphatic heterocycles. The third-order valence-corrected chi connectivity index (χ3v) is 5.64. The van der Waals surface area contributed by atoms with Crippen LogP contribution in [0, 0.1) is 23.0 Å². The number of nitrogens with one attached hydrogen (secondary N) is 1. The standard InChI is InChI=1S/C14H21N3O4S/c1-11-3-4-13(17(18)19)9-14(11)22(20,21)15-10-12-5-7-16(2)8-6-12/h3-4,9,12,15H,5-8,10H2,1-2H3. The first-order valence-electron chi connectivity index (χ1n) is 7.23. The van der Waals surface area contributed by atoms with E-state index >= 15 is 0 Å². The predicted molar refractivity (Wildman–Crippen MR) is 83.2 cm³/mol. The predicted octanol–water partition coefficient (Wildman–Crippen LogP) is 1.52. The van der Waals surface area contributed by atoms with Crippen LogP contribution in [-0.4, -0.2) is 44.9 Å². The van der Waals surface area contributed by atoms with Gasteiger partial charge in [-0.2, -0.15) is 0 Å². The van der Waals surface area contributed by atoms with Crippen molar-refractivity contribution in [1.82, 2.24) is 9.62 Å². The molecule has 1 aliphatic rings. The first kappa shape index (κ1) is 16.9. The number of hydrogen-bond acceptors (Lipinski definition) is 5. The van der Waals surface area contributed by atoms with Gasteiger partial charge >= 0.3 is 0 Å². The maximum atomic E-state index is 12.4. The van der Waals surface area contributed by atoms with E-state index in [1.165, 1.54) is 12.1 Å². The summed E-state index contributed by atoms with van der Waals surface area (Å²) < 4.78 is 27.4. The number of piperidine rings is 1. The average molecular weight is 327 g/mol. The van der Waals surface area contributed by atoms with Crippen LogP contribution in [0.25, 0.3) is 0 Å². The molecule has 1 fully saturated rings. The number of nitrogens with zero attached hydrogens (tertiary/aromatic N) is 2. The van der Waals surface area contributed by atoms with Gasteiger partial charge in [0.2, 0.25) is 10.0 Å². The van der Waals surface area contributed by atoms with Crippen molar-refractivity contribution in [3.63, 3.8) is 0 Å². The van der Waals surface area contributed by atoms with Crippen molar-refractivity contribution in [1.29, 1.82) is 0 Å². The molecule has 0 saturated carbocycles. The van der Waals surface area contributed by atoms with Crippen LogP contribution in [0.1, 0.15) is 18.4 Å². The highest BCUT2D eigenvalue weighted by atomic mass is 32.2. The van der Waals surface area contributed by atoms with Crippen LogP contribution in [0.15, 0.2) is 23.1 Å². The summed E-state index contributed by atoms with van der Waals surface area (Å²) in [5.41, 5.74) is 0.284. The van der Waals surface area contributed by atoms with Crippen LogP contribution >= 0.6 is 0 Å². The van der Waals surface area contributed by atoms with Gasteiger partial charge in [0.05, 0.1) is 9.82 Å². The lowest BCUT2D eigenvalue weighted by Gasteiger charge is -2.28. The Kier molecular flexibility index (Phi) is 5.15. The maximum Gasteiger partial charge on any atom is 0.270 e. The third-order valence-electron chi connectivity index (χ3n) is 4.07. The number of nitro groups is 1. The Balaban J connectivity index is 2.10. The monoisotopic (exact) mass is 327 g/mol. The van der Waals surface area contributed by atoms with Crippen molar-refractivity contribution in [2.75, 3.05) is 26.7 Å². The molecule has 1 saturated heterocycles. The Bertz CT molecular complexity index is 652. The Morgan fingerprint density at radius 1 is 1.36 bits per heavy atom. The zero-order chi connectivity index (χ0) is 16.3. The minimum absolute atomic E-state index is 0.0189. The first-order valence-corrected chi connectivity index (χ1v) is 8.71. The highest BCUT2D eigenvalue weighted by Crippen LogP contribution is 2.22. The minimum Gasteiger partial charge on any atom is -0.306 e. The van der Waals surface area contributed by atoms with Crippen molar-refractivity contribution >= 4 is 15.7 Å². The summed E-state index contributed by atoms with van der Waals surface area (Å²) in [5, 5.41) is 10.8. The van der Waals surface area contributed by atoms with Crippen LogP contribution in [0.3, 0.4) is 0 Å². The topological polar surface area (TPSA) is 92.5 Å². The van der Waals surface area contributed by atoms with Gasteiger partial charge in [-0.15, -0.1) is 0 Å². The van der Waals surface area contributed by atoms with Gasteiger partial charge in [-0.3, -0.25) is 10.1 Å². The molecule has 0 amide bonds. The number of rotatable bonds is 5. The van der Waals surface area contributed by atoms with Crippen molar-refractivity contribution < 1.29 is 13.3 Å². The lowest BCUT2D eigenvalue weighted by molar-refractivity contribution is -0.385. The lowest BCUT2D eigenvalue weighted by atomic mass is 9.98. The van der Waals surface area contributed by atoms with Crippen molar-refractivity contribution in [2.24, 2.45) is 5.92 Å². The van der Waals surface area contributed by atoms with E-state index in [0.717, 1.165) is 32.0 Å². The third kappa shape index (κ3) is 4.02. The molecule has 2 rings (SSSR count). The molecule has 22 heavy (non-hydrogen) atoms. The second-order valence-corrected chi connectivity index (χ2v) is 7.54. The summed E-state index contributed by atoms with van der Waals surface area (Å²) >= 11 is 0. The van der Waals surface area contributed by atoms with Crippen molar-refractivity contribution in [3.05, 3.63) is 33.9 Å². The van der Waals surface area contributed by atoms with Gasteiger partial charge in [0.25, 0.3) is 5.69 Å². The lowest BCUT2D eigenvalue weighted by Crippen LogP contribution is -2.37. The number of sulfonamides is 1. The molecule has 0 radical (unpaired) electrons. The number of non-ortho nitro benzene ring substituents is 1. The molecule has 0 aromatic heterocycles. The van der Waals surface area contributed by atoms with Crippen molar-refractivity contribution in [3.8, 4) is 0 Å². The number of likely N-dealkylation sites (tertiary alicyclic amines) is 1. The smallest absolute Gasteiger partial charge is 0.270 e. The van der Waals surface area contributed by atoms with E-state index in [1.54, 1.807) is 6.92 Å². The number of benzene rings is 1. The minimum atomic E-state index is -3.73. The van der Waals surface area contributed by atoms with Gasteiger partial charge in [-0.1, -0.05) is 6.07 Å². The Hall–Kier alpha value is -1.51. The van der Waals surface area contributed by atoms with E-state index in [2.05, 4.69) is 9.62 Å². The summed E-state index contributed by atoms with van der Waals surface area (Å²) in [6.07, 6.45) is 1.90. The highest BCUT2D eigenvalue weighted by Gasteiger charge is 2.23. The normalized spacial score (nSPS) is 17.5. The van der Waals surface area contributed by atoms with E-state index < -0.39 is 14.9 Å². The zero-order valence-electron chi connectivity index (χ0n) is 12.8. The molecule has 0 aliphatic carbocycles. The molecule has 1 heterocycles.